The van der Waals surface area contributed by atoms with Crippen molar-refractivity contribution in [3.05, 3.63) is 35.6 Å². The van der Waals surface area contributed by atoms with Crippen molar-refractivity contribution in [1.29, 1.82) is 0 Å². The van der Waals surface area contributed by atoms with Crippen molar-refractivity contribution in [3.8, 4) is 0 Å². The van der Waals surface area contributed by atoms with Gasteiger partial charge in [-0.1, -0.05) is 26.0 Å². The molecule has 1 fully saturated rings. The summed E-state index contributed by atoms with van der Waals surface area (Å²) in [5, 5.41) is 33.1. The van der Waals surface area contributed by atoms with Gasteiger partial charge in [-0.05, 0) is 38.2 Å². The zero-order valence-electron chi connectivity index (χ0n) is 15.0. The van der Waals surface area contributed by atoms with Crippen molar-refractivity contribution in [2.24, 2.45) is 16.2 Å². The zero-order chi connectivity index (χ0) is 18.4. The number of Topliss-reactive ketones (excluding diaryl/α,β-unsaturated/α-hetero) is 1. The van der Waals surface area contributed by atoms with Crippen LogP contribution in [-0.4, -0.2) is 39.1 Å². The summed E-state index contributed by atoms with van der Waals surface area (Å²) in [5.41, 5.74) is -2.85. The summed E-state index contributed by atoms with van der Waals surface area (Å²) in [5.74, 6) is -0.264. The molecule has 5 heteroatoms. The lowest BCUT2D eigenvalue weighted by Gasteiger charge is -2.59. The van der Waals surface area contributed by atoms with Gasteiger partial charge in [0.05, 0.1) is 16.9 Å². The molecule has 136 valence electrons. The molecule has 1 aliphatic heterocycles. The highest BCUT2D eigenvalue weighted by molar-refractivity contribution is 6.11. The molecule has 3 aliphatic carbocycles. The highest BCUT2D eigenvalue weighted by atomic mass is 16.6. The van der Waals surface area contributed by atoms with E-state index in [0.717, 1.165) is 0 Å². The molecule has 5 nitrogen and oxygen atoms in total. The highest BCUT2D eigenvalue weighted by Crippen LogP contribution is 2.67. The fourth-order valence-corrected chi connectivity index (χ4v) is 5.48. The average Bonchev–Trinajstić information content (AvgIpc) is 2.85. The molecule has 4 aliphatic rings. The molecule has 1 heterocycles. The number of ketones is 1. The molecule has 4 rings (SSSR count). The van der Waals surface area contributed by atoms with Crippen LogP contribution in [0.1, 0.15) is 46.5 Å². The van der Waals surface area contributed by atoms with E-state index < -0.39 is 34.2 Å². The standard InChI is InChI=1S/C20H26O5/c1-5-17(2)8-9-20(24)11(10-17)13(22)14-15-18(3,16(23)25-14)7-6-12(21)19(15,20)4/h5,10,12,16,21,23-24H,1,6-9H2,2-4H3/t12-,16+,17+,18-,19+,20-/m1/s1. The van der Waals surface area contributed by atoms with Gasteiger partial charge in [0.15, 0.2) is 5.76 Å². The molecule has 25 heavy (non-hydrogen) atoms. The normalized spacial score (nSPS) is 51.4. The van der Waals surface area contributed by atoms with E-state index in [1.54, 1.807) is 12.2 Å². The third kappa shape index (κ3) is 1.72. The molecule has 0 spiro atoms. The first-order valence-corrected chi connectivity index (χ1v) is 8.95. The van der Waals surface area contributed by atoms with Crippen LogP contribution in [-0.2, 0) is 9.53 Å². The Morgan fingerprint density at radius 1 is 1.24 bits per heavy atom. The minimum atomic E-state index is -1.47. The quantitative estimate of drug-likeness (QED) is 0.632. The molecular formula is C20H26O5. The van der Waals surface area contributed by atoms with Gasteiger partial charge in [-0.15, -0.1) is 6.58 Å². The highest BCUT2D eigenvalue weighted by Gasteiger charge is 2.71. The van der Waals surface area contributed by atoms with Crippen LogP contribution in [0.2, 0.25) is 0 Å². The summed E-state index contributed by atoms with van der Waals surface area (Å²) < 4.78 is 5.60. The van der Waals surface area contributed by atoms with Gasteiger partial charge >= 0.3 is 0 Å². The van der Waals surface area contributed by atoms with Crippen LogP contribution in [0.4, 0.5) is 0 Å². The Labute approximate surface area is 147 Å². The maximum atomic E-state index is 13.2. The summed E-state index contributed by atoms with van der Waals surface area (Å²) in [6.45, 7) is 9.49. The first-order valence-electron chi connectivity index (χ1n) is 8.95. The van der Waals surface area contributed by atoms with E-state index >= 15 is 0 Å². The van der Waals surface area contributed by atoms with Crippen LogP contribution in [0.25, 0.3) is 0 Å². The van der Waals surface area contributed by atoms with Crippen molar-refractivity contribution >= 4 is 5.78 Å². The number of fused-ring (bicyclic) bond motifs is 2. The molecule has 0 bridgehead atoms. The number of hydrogen-bond acceptors (Lipinski definition) is 5. The smallest absolute Gasteiger partial charge is 0.226 e. The minimum Gasteiger partial charge on any atom is -0.460 e. The maximum absolute atomic E-state index is 13.2. The predicted octanol–water partition coefficient (Wildman–Crippen LogP) is 1.98. The Morgan fingerprint density at radius 3 is 2.56 bits per heavy atom. The van der Waals surface area contributed by atoms with Gasteiger partial charge in [-0.25, -0.2) is 0 Å². The van der Waals surface area contributed by atoms with Crippen LogP contribution in [0.5, 0.6) is 0 Å². The van der Waals surface area contributed by atoms with Gasteiger partial charge in [0.2, 0.25) is 12.1 Å². The summed E-state index contributed by atoms with van der Waals surface area (Å²) in [4.78, 5) is 13.2. The van der Waals surface area contributed by atoms with Crippen molar-refractivity contribution in [1.82, 2.24) is 0 Å². The van der Waals surface area contributed by atoms with Gasteiger partial charge in [0.1, 0.15) is 5.60 Å². The Hall–Kier alpha value is -1.43. The van der Waals surface area contributed by atoms with E-state index in [1.807, 2.05) is 20.8 Å². The first-order chi connectivity index (χ1) is 11.5. The molecule has 3 N–H and O–H groups in total. The summed E-state index contributed by atoms with van der Waals surface area (Å²) in [6.07, 6.45) is 3.54. The number of allylic oxidation sites excluding steroid dienone is 3. The summed E-state index contributed by atoms with van der Waals surface area (Å²) in [7, 11) is 0. The lowest BCUT2D eigenvalue weighted by molar-refractivity contribution is -0.153. The maximum Gasteiger partial charge on any atom is 0.226 e. The second kappa shape index (κ2) is 4.64. The number of hydrogen-bond donors (Lipinski definition) is 3. The third-order valence-corrected chi connectivity index (χ3v) is 7.42. The monoisotopic (exact) mass is 346 g/mol. The fraction of sp³-hybridized carbons (Fsp3) is 0.650. The summed E-state index contributed by atoms with van der Waals surface area (Å²) >= 11 is 0. The van der Waals surface area contributed by atoms with Gasteiger partial charge < -0.3 is 20.1 Å². The number of carbonyl (C=O) groups excluding carboxylic acids is 1. The van der Waals surface area contributed by atoms with Crippen molar-refractivity contribution in [2.75, 3.05) is 0 Å². The van der Waals surface area contributed by atoms with Crippen LogP contribution < -0.4 is 0 Å². The van der Waals surface area contributed by atoms with Crippen molar-refractivity contribution in [2.45, 2.75) is 64.4 Å². The number of rotatable bonds is 1. The van der Waals surface area contributed by atoms with Gasteiger partial charge in [-0.2, -0.15) is 0 Å². The molecule has 1 saturated carbocycles. The Kier molecular flexibility index (Phi) is 3.16. The van der Waals surface area contributed by atoms with E-state index in [2.05, 4.69) is 6.58 Å². The molecule has 0 aromatic rings. The van der Waals surface area contributed by atoms with Crippen LogP contribution in [0.15, 0.2) is 35.6 Å². The van der Waals surface area contributed by atoms with Crippen molar-refractivity contribution < 1.29 is 24.9 Å². The molecule has 0 radical (unpaired) electrons. The number of aliphatic hydroxyl groups is 3. The fourth-order valence-electron chi connectivity index (χ4n) is 5.48. The SMILES string of the molecule is C=C[C@]1(C)C=C2C(=O)C3=C4[C@@](C)(CC[C@@H](O)[C@]4(C)[C@@]2(O)CC1)[C@@H](O)O3. The molecular weight excluding hydrogens is 320 g/mol. The summed E-state index contributed by atoms with van der Waals surface area (Å²) in [6, 6.07) is 0. The number of ether oxygens (including phenoxy) is 1. The number of aliphatic hydroxyl groups excluding tert-OH is 2. The van der Waals surface area contributed by atoms with Crippen LogP contribution >= 0.6 is 0 Å². The molecule has 0 aromatic heterocycles. The lowest BCUT2D eigenvalue weighted by Crippen LogP contribution is -2.64. The van der Waals surface area contributed by atoms with E-state index in [-0.39, 0.29) is 17.1 Å². The van der Waals surface area contributed by atoms with Gasteiger partial charge in [0.25, 0.3) is 0 Å². The van der Waals surface area contributed by atoms with E-state index in [1.165, 1.54) is 0 Å². The van der Waals surface area contributed by atoms with Crippen LogP contribution in [0.3, 0.4) is 0 Å². The second-order valence-corrected chi connectivity index (χ2v) is 8.81. The van der Waals surface area contributed by atoms with Gasteiger partial charge in [-0.3, -0.25) is 4.79 Å². The molecule has 0 aromatic carbocycles. The molecule has 6 atom stereocenters. The largest absolute Gasteiger partial charge is 0.460 e. The van der Waals surface area contributed by atoms with Crippen molar-refractivity contribution in [3.63, 3.8) is 0 Å². The zero-order valence-corrected chi connectivity index (χ0v) is 15.0. The topological polar surface area (TPSA) is 87.0 Å². The predicted molar refractivity (Wildman–Crippen MR) is 91.2 cm³/mol. The van der Waals surface area contributed by atoms with E-state index in [0.29, 0.717) is 31.3 Å². The van der Waals surface area contributed by atoms with Gasteiger partial charge in [0, 0.05) is 11.0 Å². The lowest BCUT2D eigenvalue weighted by atomic mass is 9.46. The van der Waals surface area contributed by atoms with Crippen LogP contribution in [0, 0.1) is 16.2 Å². The van der Waals surface area contributed by atoms with E-state index in [4.69, 9.17) is 4.74 Å². The average molecular weight is 346 g/mol. The first kappa shape index (κ1) is 17.0. The Balaban J connectivity index is 2.03. The Bertz CT molecular complexity index is 751. The van der Waals surface area contributed by atoms with E-state index in [9.17, 15) is 20.1 Å². The molecule has 0 unspecified atom stereocenters. The second-order valence-electron chi connectivity index (χ2n) is 8.81. The third-order valence-electron chi connectivity index (χ3n) is 7.42. The molecule has 0 saturated heterocycles. The number of carbonyl (C=O) groups is 1. The minimum absolute atomic E-state index is 0.112. The molecule has 0 amide bonds. The Morgan fingerprint density at radius 2 is 1.92 bits per heavy atom.